The van der Waals surface area contributed by atoms with Crippen LogP contribution in [-0.2, 0) is 4.79 Å². The monoisotopic (exact) mass is 520 g/mol. The number of hydrogen-bond acceptors (Lipinski definition) is 3. The van der Waals surface area contributed by atoms with Crippen LogP contribution in [0.15, 0.2) is 11.6 Å². The topological polar surface area (TPSA) is 77.8 Å². The summed E-state index contributed by atoms with van der Waals surface area (Å²) in [5, 5.41) is 31.8. The molecule has 0 amide bonds. The van der Waals surface area contributed by atoms with Gasteiger partial charge in [-0.3, -0.25) is 4.79 Å². The van der Waals surface area contributed by atoms with E-state index in [1.165, 1.54) is 5.57 Å². The van der Waals surface area contributed by atoms with Gasteiger partial charge in [0, 0.05) is 5.41 Å². The summed E-state index contributed by atoms with van der Waals surface area (Å²) in [6, 6.07) is 0. The first-order valence-electron chi connectivity index (χ1n) is 13.9. The van der Waals surface area contributed by atoms with Crippen LogP contribution in [0.2, 0.25) is 0 Å². The van der Waals surface area contributed by atoms with Crippen LogP contribution in [-0.4, -0.2) is 34.0 Å². The van der Waals surface area contributed by atoms with Crippen molar-refractivity contribution in [2.45, 2.75) is 112 Å². The molecular weight excluding hydrogens is 470 g/mol. The van der Waals surface area contributed by atoms with Gasteiger partial charge in [-0.25, -0.2) is 0 Å². The number of fused-ring (bicyclic) bond motifs is 7. The van der Waals surface area contributed by atoms with Gasteiger partial charge in [0.1, 0.15) is 0 Å². The third-order valence-electron chi connectivity index (χ3n) is 13.2. The second kappa shape index (κ2) is 9.89. The SMILES string of the molecule is CC1(C)CC[C@]2(C(=O)O)CC[C@]3(C)C(=CC[C@@H]4[C@@]5(C)CC[C@H](O)[C@@](C)(CO)[C@@H]5CC[C@]43C)[C@@H]2C1.[H-].[H-].[Na+].[Na+]. The van der Waals surface area contributed by atoms with Gasteiger partial charge in [-0.2, -0.15) is 0 Å². The van der Waals surface area contributed by atoms with Crippen LogP contribution >= 0.6 is 0 Å². The van der Waals surface area contributed by atoms with E-state index < -0.39 is 22.9 Å². The van der Waals surface area contributed by atoms with E-state index >= 15 is 0 Å². The molecule has 4 fully saturated rings. The summed E-state index contributed by atoms with van der Waals surface area (Å²) in [5.41, 5.74) is 0.858. The first kappa shape index (κ1) is 31.7. The first-order chi connectivity index (χ1) is 15.7. The fourth-order valence-corrected chi connectivity index (χ4v) is 10.7. The number of aliphatic hydroxyl groups excluding tert-OH is 2. The van der Waals surface area contributed by atoms with E-state index in [2.05, 4.69) is 47.6 Å². The normalized spacial score (nSPS) is 51.1. The van der Waals surface area contributed by atoms with E-state index in [0.29, 0.717) is 11.8 Å². The number of allylic oxidation sites excluding steroid dienone is 2. The molecule has 0 aromatic carbocycles. The van der Waals surface area contributed by atoms with Crippen molar-refractivity contribution in [2.24, 2.45) is 50.2 Å². The Balaban J connectivity index is 0.00000180. The Hall–Kier alpha value is 1.13. The number of aliphatic carboxylic acids is 1. The second-order valence-electron chi connectivity index (χ2n) is 14.9. The fourth-order valence-electron chi connectivity index (χ4n) is 10.7. The minimum Gasteiger partial charge on any atom is -1.00 e. The van der Waals surface area contributed by atoms with Crippen molar-refractivity contribution in [3.05, 3.63) is 11.6 Å². The van der Waals surface area contributed by atoms with Crippen molar-refractivity contribution < 1.29 is 82.1 Å². The summed E-state index contributed by atoms with van der Waals surface area (Å²) in [7, 11) is 0. The molecule has 0 bridgehead atoms. The summed E-state index contributed by atoms with van der Waals surface area (Å²) in [6.45, 7) is 14.3. The van der Waals surface area contributed by atoms with Crippen molar-refractivity contribution in [3.8, 4) is 0 Å². The van der Waals surface area contributed by atoms with Gasteiger partial charge in [0.2, 0.25) is 0 Å². The zero-order chi connectivity index (χ0) is 24.9. The van der Waals surface area contributed by atoms with Crippen LogP contribution in [0.5, 0.6) is 0 Å². The van der Waals surface area contributed by atoms with E-state index in [4.69, 9.17) is 0 Å². The van der Waals surface area contributed by atoms with Gasteiger partial charge in [0.25, 0.3) is 0 Å². The van der Waals surface area contributed by atoms with Crippen LogP contribution in [0.4, 0.5) is 0 Å². The molecular formula is C30H50Na2O4. The molecule has 9 atom stereocenters. The standard InChI is InChI=1S/C30H48O4.2Na.2H/c1-25(2)13-15-30(24(33)34)16-14-28(5)19(20(30)17-25)7-8-22-26(3)11-10-23(32)27(4,18-31)21(26)9-12-29(22,28)6;;;;/h7,20-23,31-32H,8-18H2,1-6H3,(H,33,34);;;;/q;2*+1;2*-1/t20-,21+,22+,23-,26-,27-,28+,29+,30-;;;;/m0..../s1. The van der Waals surface area contributed by atoms with Gasteiger partial charge in [-0.15, -0.1) is 0 Å². The van der Waals surface area contributed by atoms with Crippen LogP contribution in [0, 0.1) is 50.2 Å². The van der Waals surface area contributed by atoms with Gasteiger partial charge in [-0.05, 0) is 104 Å². The number of rotatable bonds is 2. The molecule has 0 unspecified atom stereocenters. The number of hydrogen-bond donors (Lipinski definition) is 3. The van der Waals surface area contributed by atoms with E-state index in [1.54, 1.807) is 0 Å². The molecule has 0 aliphatic heterocycles. The molecule has 0 saturated heterocycles. The van der Waals surface area contributed by atoms with E-state index in [1.807, 2.05) is 0 Å². The summed E-state index contributed by atoms with van der Waals surface area (Å²) >= 11 is 0. The van der Waals surface area contributed by atoms with Crippen molar-refractivity contribution in [3.63, 3.8) is 0 Å². The Bertz CT molecular complexity index is 930. The minimum absolute atomic E-state index is 0. The Morgan fingerprint density at radius 1 is 0.944 bits per heavy atom. The number of aliphatic hydroxyl groups is 2. The predicted molar refractivity (Wildman–Crippen MR) is 136 cm³/mol. The van der Waals surface area contributed by atoms with Gasteiger partial charge in [-0.1, -0.05) is 53.2 Å². The molecule has 6 heteroatoms. The van der Waals surface area contributed by atoms with Gasteiger partial charge in [0.05, 0.1) is 18.1 Å². The average Bonchev–Trinajstić information content (AvgIpc) is 2.76. The molecule has 0 spiro atoms. The van der Waals surface area contributed by atoms with Gasteiger partial charge < -0.3 is 18.2 Å². The number of carbonyl (C=O) groups is 1. The molecule has 0 aromatic rings. The molecule has 0 heterocycles. The molecule has 36 heavy (non-hydrogen) atoms. The van der Waals surface area contributed by atoms with E-state index in [9.17, 15) is 20.1 Å². The summed E-state index contributed by atoms with van der Waals surface area (Å²) < 4.78 is 0. The fraction of sp³-hybridized carbons (Fsp3) is 0.900. The van der Waals surface area contributed by atoms with Crippen molar-refractivity contribution >= 4 is 5.97 Å². The molecule has 3 N–H and O–H groups in total. The third kappa shape index (κ3) is 4.00. The number of carboxylic acid groups (broad SMARTS) is 1. The molecule has 4 nitrogen and oxygen atoms in total. The van der Waals surface area contributed by atoms with Crippen LogP contribution in [0.3, 0.4) is 0 Å². The molecule has 196 valence electrons. The molecule has 5 rings (SSSR count). The van der Waals surface area contributed by atoms with Crippen LogP contribution in [0.25, 0.3) is 0 Å². The van der Waals surface area contributed by atoms with Gasteiger partial charge >= 0.3 is 65.1 Å². The third-order valence-corrected chi connectivity index (χ3v) is 13.2. The maximum absolute atomic E-state index is 12.8. The molecule has 0 aromatic heterocycles. The van der Waals surface area contributed by atoms with Crippen molar-refractivity contribution in [1.29, 1.82) is 0 Å². The smallest absolute Gasteiger partial charge is 1.00 e. The van der Waals surface area contributed by atoms with E-state index in [0.717, 1.165) is 64.2 Å². The maximum Gasteiger partial charge on any atom is 1.00 e. The maximum atomic E-state index is 12.8. The molecule has 5 aliphatic carbocycles. The Kier molecular flexibility index (Phi) is 8.70. The zero-order valence-electron chi connectivity index (χ0n) is 26.4. The summed E-state index contributed by atoms with van der Waals surface area (Å²) in [4.78, 5) is 12.8. The summed E-state index contributed by atoms with van der Waals surface area (Å²) in [6.07, 6.45) is 11.6. The first-order valence-corrected chi connectivity index (χ1v) is 13.9. The second-order valence-corrected chi connectivity index (χ2v) is 14.9. The minimum atomic E-state index is -0.588. The van der Waals surface area contributed by atoms with Gasteiger partial charge in [0.15, 0.2) is 0 Å². The Morgan fingerprint density at radius 2 is 1.58 bits per heavy atom. The van der Waals surface area contributed by atoms with E-state index in [-0.39, 0.29) is 96.2 Å². The predicted octanol–water partition coefficient (Wildman–Crippen LogP) is 0.439. The van der Waals surface area contributed by atoms with Crippen molar-refractivity contribution in [1.82, 2.24) is 0 Å². The van der Waals surface area contributed by atoms with Crippen LogP contribution < -0.4 is 59.1 Å². The Labute approximate surface area is 266 Å². The molecule has 4 saturated carbocycles. The number of carboxylic acids is 1. The average molecular weight is 521 g/mol. The quantitative estimate of drug-likeness (QED) is 0.365. The van der Waals surface area contributed by atoms with Crippen LogP contribution in [0.1, 0.15) is 109 Å². The van der Waals surface area contributed by atoms with Crippen molar-refractivity contribution in [2.75, 3.05) is 6.61 Å². The summed E-state index contributed by atoms with van der Waals surface area (Å²) in [5.74, 6) is 0.395. The Morgan fingerprint density at radius 3 is 2.19 bits per heavy atom. The molecule has 5 aliphatic rings. The largest absolute Gasteiger partial charge is 1.00 e. The zero-order valence-corrected chi connectivity index (χ0v) is 28.4. The molecule has 0 radical (unpaired) electrons.